The lowest BCUT2D eigenvalue weighted by atomic mass is 10.1. The largest absolute Gasteiger partial charge is 0.480 e. The van der Waals surface area contributed by atoms with Crippen molar-refractivity contribution in [2.45, 2.75) is 58.3 Å². The van der Waals surface area contributed by atoms with E-state index in [-0.39, 0.29) is 18.0 Å². The summed E-state index contributed by atoms with van der Waals surface area (Å²) < 4.78 is 7.41. The highest BCUT2D eigenvalue weighted by molar-refractivity contribution is 5.76. The summed E-state index contributed by atoms with van der Waals surface area (Å²) in [6, 6.07) is 2.45. The molecule has 0 spiro atoms. The Morgan fingerprint density at radius 1 is 1.27 bits per heavy atom. The molecule has 2 aliphatic heterocycles. The van der Waals surface area contributed by atoms with Gasteiger partial charge < -0.3 is 19.9 Å². The molecule has 0 saturated carbocycles. The number of anilines is 2. The molecule has 33 heavy (non-hydrogen) atoms. The third-order valence-corrected chi connectivity index (χ3v) is 6.68. The number of nitrogens with one attached hydrogen (secondary N) is 1. The number of hydrogen-bond donors (Lipinski definition) is 1. The zero-order valence-corrected chi connectivity index (χ0v) is 19.6. The second kappa shape index (κ2) is 8.58. The van der Waals surface area contributed by atoms with Crippen molar-refractivity contribution in [2.24, 2.45) is 0 Å². The highest BCUT2D eigenvalue weighted by Crippen LogP contribution is 2.30. The normalized spacial score (nSPS) is 20.8. The van der Waals surface area contributed by atoms with Crippen molar-refractivity contribution in [1.29, 1.82) is 0 Å². The van der Waals surface area contributed by atoms with Crippen LogP contribution in [-0.2, 0) is 24.3 Å². The van der Waals surface area contributed by atoms with Crippen LogP contribution in [0.1, 0.15) is 37.9 Å². The summed E-state index contributed by atoms with van der Waals surface area (Å²) in [5, 5.41) is 8.68. The quantitative estimate of drug-likeness (QED) is 0.632. The molecule has 3 aromatic heterocycles. The SMILES string of the molecule is COc1nc2c(cc1Nc1ncc3cnn(C[C@@H]4CC[C@@H](C)N4C(C)=O)c3n1)CN(C)CC2. The van der Waals surface area contributed by atoms with Crippen LogP contribution in [0.25, 0.3) is 11.0 Å². The molecule has 0 aromatic carbocycles. The Hall–Kier alpha value is -3.27. The van der Waals surface area contributed by atoms with E-state index in [1.165, 1.54) is 5.56 Å². The van der Waals surface area contributed by atoms with Crippen LogP contribution < -0.4 is 10.1 Å². The first-order chi connectivity index (χ1) is 15.9. The molecule has 174 valence electrons. The van der Waals surface area contributed by atoms with Crippen LogP contribution in [0.15, 0.2) is 18.5 Å². The summed E-state index contributed by atoms with van der Waals surface area (Å²) in [4.78, 5) is 30.3. The van der Waals surface area contributed by atoms with Gasteiger partial charge in [0.15, 0.2) is 5.65 Å². The van der Waals surface area contributed by atoms with Gasteiger partial charge in [-0.25, -0.2) is 14.6 Å². The van der Waals surface area contributed by atoms with Gasteiger partial charge in [0.05, 0.1) is 37.0 Å². The first-order valence-corrected chi connectivity index (χ1v) is 11.4. The number of pyridine rings is 1. The molecule has 1 fully saturated rings. The van der Waals surface area contributed by atoms with E-state index in [4.69, 9.17) is 14.7 Å². The average molecular weight is 451 g/mol. The maximum absolute atomic E-state index is 12.1. The molecule has 5 rings (SSSR count). The van der Waals surface area contributed by atoms with Crippen LogP contribution in [0.5, 0.6) is 5.88 Å². The van der Waals surface area contributed by atoms with Crippen LogP contribution in [0.4, 0.5) is 11.6 Å². The van der Waals surface area contributed by atoms with Crippen molar-refractivity contribution in [1.82, 2.24) is 34.5 Å². The smallest absolute Gasteiger partial charge is 0.237 e. The average Bonchev–Trinajstić information content (AvgIpc) is 3.36. The number of carbonyl (C=O) groups excluding carboxylic acids is 1. The summed E-state index contributed by atoms with van der Waals surface area (Å²) in [6.45, 7) is 6.18. The fourth-order valence-electron chi connectivity index (χ4n) is 5.04. The molecular formula is C23H30N8O2. The van der Waals surface area contributed by atoms with Crippen molar-refractivity contribution in [2.75, 3.05) is 26.0 Å². The Bertz CT molecular complexity index is 1190. The lowest BCUT2D eigenvalue weighted by Crippen LogP contribution is -2.40. The van der Waals surface area contributed by atoms with Gasteiger partial charge in [0.25, 0.3) is 0 Å². The van der Waals surface area contributed by atoms with Gasteiger partial charge in [-0.05, 0) is 38.4 Å². The molecule has 1 amide bonds. The molecule has 0 radical (unpaired) electrons. The van der Waals surface area contributed by atoms with E-state index in [1.807, 2.05) is 9.58 Å². The summed E-state index contributed by atoms with van der Waals surface area (Å²) in [5.74, 6) is 1.10. The minimum Gasteiger partial charge on any atom is -0.480 e. The van der Waals surface area contributed by atoms with Crippen molar-refractivity contribution in [3.8, 4) is 5.88 Å². The second-order valence-electron chi connectivity index (χ2n) is 9.07. The van der Waals surface area contributed by atoms with Crippen LogP contribution in [0, 0.1) is 0 Å². The number of hydrogen-bond acceptors (Lipinski definition) is 8. The van der Waals surface area contributed by atoms with E-state index >= 15 is 0 Å². The van der Waals surface area contributed by atoms with Gasteiger partial charge in [-0.1, -0.05) is 0 Å². The molecule has 10 nitrogen and oxygen atoms in total. The monoisotopic (exact) mass is 450 g/mol. The van der Waals surface area contributed by atoms with Crippen molar-refractivity contribution in [3.63, 3.8) is 0 Å². The van der Waals surface area contributed by atoms with Crippen molar-refractivity contribution in [3.05, 3.63) is 29.7 Å². The highest BCUT2D eigenvalue weighted by Gasteiger charge is 2.33. The summed E-state index contributed by atoms with van der Waals surface area (Å²) >= 11 is 0. The molecule has 1 saturated heterocycles. The van der Waals surface area contributed by atoms with Crippen LogP contribution in [0.2, 0.25) is 0 Å². The van der Waals surface area contributed by atoms with Gasteiger partial charge in [-0.15, -0.1) is 0 Å². The third kappa shape index (κ3) is 4.10. The number of ether oxygens (including phenoxy) is 1. The second-order valence-corrected chi connectivity index (χ2v) is 9.07. The Kier molecular flexibility index (Phi) is 5.61. The summed E-state index contributed by atoms with van der Waals surface area (Å²) in [5.41, 5.74) is 3.73. The number of carbonyl (C=O) groups is 1. The van der Waals surface area contributed by atoms with Gasteiger partial charge >= 0.3 is 0 Å². The molecule has 5 heterocycles. The fourth-order valence-corrected chi connectivity index (χ4v) is 5.04. The first-order valence-electron chi connectivity index (χ1n) is 11.4. The van der Waals surface area contributed by atoms with Crippen LogP contribution in [-0.4, -0.2) is 73.2 Å². The number of methoxy groups -OCH3 is 1. The topological polar surface area (TPSA) is 101 Å². The molecule has 1 N–H and O–H groups in total. The number of rotatable bonds is 5. The van der Waals surface area contributed by atoms with E-state index in [9.17, 15) is 4.79 Å². The van der Waals surface area contributed by atoms with E-state index in [2.05, 4.69) is 40.3 Å². The molecular weight excluding hydrogens is 420 g/mol. The standard InChI is InChI=1S/C23H30N8O2/c1-14-5-6-18(31(14)15(2)32)13-30-21-17(11-25-30)10-24-23(28-21)27-20-9-16-12-29(3)8-7-19(16)26-22(20)33-4/h9-11,14,18H,5-8,12-13H2,1-4H3,(H,24,27,28)/t14-,18+/m1/s1. The van der Waals surface area contributed by atoms with E-state index in [0.717, 1.165) is 54.8 Å². The number of aromatic nitrogens is 5. The van der Waals surface area contributed by atoms with E-state index in [0.29, 0.717) is 18.4 Å². The number of fused-ring (bicyclic) bond motifs is 2. The van der Waals surface area contributed by atoms with Gasteiger partial charge in [0, 0.05) is 38.7 Å². The van der Waals surface area contributed by atoms with Crippen molar-refractivity contribution >= 4 is 28.6 Å². The van der Waals surface area contributed by atoms with E-state index in [1.54, 1.807) is 26.4 Å². The lowest BCUT2D eigenvalue weighted by Gasteiger charge is -2.27. The maximum atomic E-state index is 12.1. The molecule has 0 bridgehead atoms. The number of likely N-dealkylation sites (tertiary alicyclic amines) is 1. The van der Waals surface area contributed by atoms with Crippen LogP contribution in [0.3, 0.4) is 0 Å². The third-order valence-electron chi connectivity index (χ3n) is 6.68. The summed E-state index contributed by atoms with van der Waals surface area (Å²) in [6.07, 6.45) is 6.41. The molecule has 10 heteroatoms. The molecule has 0 unspecified atom stereocenters. The zero-order chi connectivity index (χ0) is 23.1. The van der Waals surface area contributed by atoms with E-state index < -0.39 is 0 Å². The Morgan fingerprint density at radius 3 is 2.91 bits per heavy atom. The Labute approximate surface area is 193 Å². The number of nitrogens with zero attached hydrogens (tertiary/aromatic N) is 7. The molecule has 2 atom stereocenters. The fraction of sp³-hybridized carbons (Fsp3) is 0.522. The summed E-state index contributed by atoms with van der Waals surface area (Å²) in [7, 11) is 3.73. The van der Waals surface area contributed by atoms with Gasteiger partial charge in [-0.3, -0.25) is 4.79 Å². The Balaban J connectivity index is 1.43. The van der Waals surface area contributed by atoms with Crippen molar-refractivity contribution < 1.29 is 9.53 Å². The minimum atomic E-state index is 0.107. The number of likely N-dealkylation sites (N-methyl/N-ethyl adjacent to an activating group) is 1. The Morgan fingerprint density at radius 2 is 2.12 bits per heavy atom. The predicted molar refractivity (Wildman–Crippen MR) is 124 cm³/mol. The number of amides is 1. The van der Waals surface area contributed by atoms with Gasteiger partial charge in [0.1, 0.15) is 5.69 Å². The maximum Gasteiger partial charge on any atom is 0.237 e. The first kappa shape index (κ1) is 21.6. The molecule has 3 aromatic rings. The molecule has 2 aliphatic rings. The lowest BCUT2D eigenvalue weighted by molar-refractivity contribution is -0.131. The van der Waals surface area contributed by atoms with Gasteiger partial charge in [-0.2, -0.15) is 10.1 Å². The predicted octanol–water partition coefficient (Wildman–Crippen LogP) is 2.36. The van der Waals surface area contributed by atoms with Crippen LogP contribution >= 0.6 is 0 Å². The zero-order valence-electron chi connectivity index (χ0n) is 19.6. The minimum absolute atomic E-state index is 0.107. The highest BCUT2D eigenvalue weighted by atomic mass is 16.5. The molecule has 0 aliphatic carbocycles. The van der Waals surface area contributed by atoms with Gasteiger partial charge in [0.2, 0.25) is 17.7 Å².